The van der Waals surface area contributed by atoms with Gasteiger partial charge in [-0.3, -0.25) is 0 Å². The van der Waals surface area contributed by atoms with E-state index in [9.17, 15) is 14.7 Å². The van der Waals surface area contributed by atoms with E-state index in [1.54, 1.807) is 24.3 Å². The van der Waals surface area contributed by atoms with Gasteiger partial charge in [-0.05, 0) is 19.1 Å². The molecule has 0 saturated carbocycles. The summed E-state index contributed by atoms with van der Waals surface area (Å²) in [4.78, 5) is 28.1. The van der Waals surface area contributed by atoms with Crippen molar-refractivity contribution in [2.45, 2.75) is 25.4 Å². The minimum Gasteiger partial charge on any atom is -0.490 e. The number of aliphatic hydroxyl groups excluding tert-OH is 1. The largest absolute Gasteiger partial charge is 0.490 e. The van der Waals surface area contributed by atoms with Crippen molar-refractivity contribution in [2.75, 3.05) is 13.2 Å². The van der Waals surface area contributed by atoms with Gasteiger partial charge in [0.25, 0.3) is 0 Å². The number of carbonyl (C=O) groups excluding carboxylic acids is 2. The molecule has 2 aliphatic heterocycles. The minimum absolute atomic E-state index is 0.0408. The molecule has 1 N–H and O–H groups in total. The van der Waals surface area contributed by atoms with Gasteiger partial charge in [-0.1, -0.05) is 17.2 Å². The van der Waals surface area contributed by atoms with Crippen molar-refractivity contribution in [3.05, 3.63) is 36.4 Å². The Morgan fingerprint density at radius 2 is 1.92 bits per heavy atom. The molecule has 2 heterocycles. The molecular weight excluding hydrogens is 318 g/mol. The van der Waals surface area contributed by atoms with Crippen molar-refractivity contribution < 1.29 is 33.7 Å². The lowest BCUT2D eigenvalue weighted by molar-refractivity contribution is -0.234. The molecule has 0 radical (unpaired) electrons. The number of benzene rings is 1. The second-order valence-corrected chi connectivity index (χ2v) is 5.20. The molecule has 1 saturated heterocycles. The van der Waals surface area contributed by atoms with Crippen LogP contribution < -0.4 is 9.47 Å². The van der Waals surface area contributed by atoms with Crippen LogP contribution >= 0.6 is 0 Å². The Morgan fingerprint density at radius 3 is 2.67 bits per heavy atom. The standard InChI is InChI=1S/C16H17NO7/c1-2-21-10-5-3-4-6-11(10)22-12-9-17-16(15(12)20)23-13(18)7-8-14(19)24-17/h3-8,12,15-16,20H,2,9H2,1H3/b8-7+. The van der Waals surface area contributed by atoms with Crippen LogP contribution in [0.3, 0.4) is 0 Å². The van der Waals surface area contributed by atoms with Crippen LogP contribution in [0.5, 0.6) is 11.5 Å². The van der Waals surface area contributed by atoms with Crippen molar-refractivity contribution >= 4 is 11.9 Å². The van der Waals surface area contributed by atoms with E-state index in [4.69, 9.17) is 19.0 Å². The first-order valence-corrected chi connectivity index (χ1v) is 7.52. The van der Waals surface area contributed by atoms with Crippen LogP contribution in [-0.2, 0) is 19.2 Å². The van der Waals surface area contributed by atoms with Gasteiger partial charge in [0.15, 0.2) is 11.5 Å². The van der Waals surface area contributed by atoms with Crippen LogP contribution in [0.1, 0.15) is 6.92 Å². The quantitative estimate of drug-likeness (QED) is 0.791. The summed E-state index contributed by atoms with van der Waals surface area (Å²) in [5.74, 6) is -0.493. The number of hydrogen-bond acceptors (Lipinski definition) is 8. The average molecular weight is 335 g/mol. The summed E-state index contributed by atoms with van der Waals surface area (Å²) >= 11 is 0. The average Bonchev–Trinajstić information content (AvgIpc) is 2.82. The maximum atomic E-state index is 11.6. The predicted octanol–water partition coefficient (Wildman–Crippen LogP) is 0.406. The molecule has 128 valence electrons. The van der Waals surface area contributed by atoms with Gasteiger partial charge >= 0.3 is 11.9 Å². The van der Waals surface area contributed by atoms with Crippen molar-refractivity contribution in [3.63, 3.8) is 0 Å². The van der Waals surface area contributed by atoms with Crippen molar-refractivity contribution in [2.24, 2.45) is 0 Å². The van der Waals surface area contributed by atoms with Gasteiger partial charge in [0.05, 0.1) is 13.2 Å². The topological polar surface area (TPSA) is 94.5 Å². The number of aliphatic hydroxyl groups is 1. The maximum absolute atomic E-state index is 11.6. The Morgan fingerprint density at radius 1 is 1.21 bits per heavy atom. The second-order valence-electron chi connectivity index (χ2n) is 5.20. The van der Waals surface area contributed by atoms with E-state index in [1.165, 1.54) is 0 Å². The number of rotatable bonds is 4. The lowest BCUT2D eigenvalue weighted by atomic mass is 10.2. The van der Waals surface area contributed by atoms with E-state index >= 15 is 0 Å². The summed E-state index contributed by atoms with van der Waals surface area (Å²) in [6, 6.07) is 7.02. The van der Waals surface area contributed by atoms with Gasteiger partial charge < -0.3 is 24.2 Å². The Kier molecular flexibility index (Phi) is 4.68. The molecule has 3 rings (SSSR count). The first-order valence-electron chi connectivity index (χ1n) is 7.52. The lowest BCUT2D eigenvalue weighted by Crippen LogP contribution is -2.42. The van der Waals surface area contributed by atoms with Crippen LogP contribution in [-0.4, -0.2) is 53.7 Å². The van der Waals surface area contributed by atoms with Crippen LogP contribution in [0.25, 0.3) is 0 Å². The van der Waals surface area contributed by atoms with Crippen LogP contribution in [0.2, 0.25) is 0 Å². The number of nitrogens with zero attached hydrogens (tertiary/aromatic N) is 1. The minimum atomic E-state index is -1.19. The molecule has 1 fully saturated rings. The zero-order chi connectivity index (χ0) is 17.1. The highest BCUT2D eigenvalue weighted by Gasteiger charge is 2.47. The van der Waals surface area contributed by atoms with Crippen LogP contribution in [0.15, 0.2) is 36.4 Å². The number of hydrogen-bond donors (Lipinski definition) is 1. The van der Waals surface area contributed by atoms with Gasteiger partial charge in [0.1, 0.15) is 12.2 Å². The number of ether oxygens (including phenoxy) is 3. The van der Waals surface area contributed by atoms with E-state index in [0.29, 0.717) is 18.1 Å². The van der Waals surface area contributed by atoms with E-state index in [2.05, 4.69) is 0 Å². The monoisotopic (exact) mass is 335 g/mol. The molecule has 1 aromatic carbocycles. The van der Waals surface area contributed by atoms with Crippen molar-refractivity contribution in [1.29, 1.82) is 0 Å². The molecule has 0 aromatic heterocycles. The van der Waals surface area contributed by atoms with Crippen molar-refractivity contribution in [1.82, 2.24) is 5.06 Å². The summed E-state index contributed by atoms with van der Waals surface area (Å²) in [5, 5.41) is 11.5. The molecule has 0 amide bonds. The number of hydroxylamine groups is 2. The third-order valence-corrected chi connectivity index (χ3v) is 3.54. The van der Waals surface area contributed by atoms with Crippen LogP contribution in [0, 0.1) is 0 Å². The molecule has 8 heteroatoms. The van der Waals surface area contributed by atoms with Crippen molar-refractivity contribution in [3.8, 4) is 11.5 Å². The molecule has 0 bridgehead atoms. The summed E-state index contributed by atoms with van der Waals surface area (Å²) in [7, 11) is 0. The molecule has 8 nitrogen and oxygen atoms in total. The molecule has 0 aliphatic carbocycles. The number of para-hydroxylation sites is 2. The highest BCUT2D eigenvalue weighted by molar-refractivity contribution is 5.92. The van der Waals surface area contributed by atoms with Gasteiger partial charge in [-0.25, -0.2) is 9.59 Å². The molecule has 24 heavy (non-hydrogen) atoms. The third-order valence-electron chi connectivity index (χ3n) is 3.54. The zero-order valence-electron chi connectivity index (χ0n) is 13.0. The Bertz CT molecular complexity index is 660. The Balaban J connectivity index is 1.77. The Hall–Kier alpha value is -2.58. The summed E-state index contributed by atoms with van der Waals surface area (Å²) in [6.07, 6.45) is -1.18. The second kappa shape index (κ2) is 6.90. The molecular formula is C16H17NO7. The number of esters is 1. The highest BCUT2D eigenvalue weighted by Crippen LogP contribution is 2.31. The molecule has 1 aromatic rings. The van der Waals surface area contributed by atoms with Gasteiger partial charge in [-0.2, -0.15) is 0 Å². The van der Waals surface area contributed by atoms with Gasteiger partial charge in [0.2, 0.25) is 6.23 Å². The summed E-state index contributed by atoms with van der Waals surface area (Å²) in [5.41, 5.74) is 0. The normalized spacial score (nSPS) is 28.2. The first-order chi connectivity index (χ1) is 11.6. The molecule has 3 unspecified atom stereocenters. The van der Waals surface area contributed by atoms with Crippen LogP contribution in [0.4, 0.5) is 0 Å². The number of carbonyl (C=O) groups is 2. The lowest BCUT2D eigenvalue weighted by Gasteiger charge is -2.24. The summed E-state index contributed by atoms with van der Waals surface area (Å²) < 4.78 is 16.4. The van der Waals surface area contributed by atoms with E-state index in [0.717, 1.165) is 17.2 Å². The molecule has 2 aliphatic rings. The smallest absolute Gasteiger partial charge is 0.350 e. The fourth-order valence-electron chi connectivity index (χ4n) is 2.49. The van der Waals surface area contributed by atoms with E-state index < -0.39 is 30.4 Å². The first kappa shape index (κ1) is 16.3. The van der Waals surface area contributed by atoms with Gasteiger partial charge in [0, 0.05) is 12.2 Å². The Labute approximate surface area is 138 Å². The summed E-state index contributed by atoms with van der Waals surface area (Å²) in [6.45, 7) is 2.35. The molecule has 0 spiro atoms. The maximum Gasteiger partial charge on any atom is 0.350 e. The highest BCUT2D eigenvalue weighted by atomic mass is 16.8. The van der Waals surface area contributed by atoms with E-state index in [-0.39, 0.29) is 6.54 Å². The van der Waals surface area contributed by atoms with E-state index in [1.807, 2.05) is 6.92 Å². The fraction of sp³-hybridized carbons (Fsp3) is 0.375. The zero-order valence-corrected chi connectivity index (χ0v) is 13.0. The van der Waals surface area contributed by atoms with Gasteiger partial charge in [-0.15, -0.1) is 0 Å². The third kappa shape index (κ3) is 3.34. The predicted molar refractivity (Wildman–Crippen MR) is 79.9 cm³/mol. The fourth-order valence-corrected chi connectivity index (χ4v) is 2.49. The molecule has 3 atom stereocenters. The SMILES string of the molecule is CCOc1ccccc1OC1CN2OC(=O)/C=C/C(=O)OC2C1O. The number of fused-ring (bicyclic) bond motifs is 1.